The average Bonchev–Trinajstić information content (AvgIpc) is 2.37. The topological polar surface area (TPSA) is 78.8 Å². The van der Waals surface area contributed by atoms with Gasteiger partial charge in [0, 0.05) is 18.9 Å². The van der Waals surface area contributed by atoms with E-state index in [2.05, 4.69) is 9.71 Å². The number of halogens is 1. The smallest absolute Gasteiger partial charge is 0.322 e. The number of carbonyl (C=O) groups is 1. The number of hydrogen-bond donors (Lipinski definition) is 1. The van der Waals surface area contributed by atoms with Crippen LogP contribution in [0.2, 0.25) is 0 Å². The Hall–Kier alpha value is -2.22. The molecule has 2 rings (SSSR count). The summed E-state index contributed by atoms with van der Waals surface area (Å²) in [6, 6.07) is 4.16. The highest BCUT2D eigenvalue weighted by molar-refractivity contribution is 7.88. The lowest BCUT2D eigenvalue weighted by atomic mass is 10.1. The predicted octanol–water partition coefficient (Wildman–Crippen LogP) is 1.61. The molecule has 8 heteroatoms. The summed E-state index contributed by atoms with van der Waals surface area (Å²) in [5.41, 5.74) is 1.05. The molecule has 1 heterocycles. The zero-order chi connectivity index (χ0) is 15.8. The Balaban J connectivity index is 2.25. The summed E-state index contributed by atoms with van der Waals surface area (Å²) in [6.07, 6.45) is 1.20. The second kappa shape index (κ2) is 5.28. The van der Waals surface area contributed by atoms with Crippen molar-refractivity contribution >= 4 is 27.5 Å². The van der Waals surface area contributed by atoms with E-state index in [0.29, 0.717) is 11.3 Å². The number of anilines is 1. The van der Waals surface area contributed by atoms with Crippen molar-refractivity contribution < 1.29 is 17.6 Å². The van der Waals surface area contributed by atoms with Gasteiger partial charge in [-0.25, -0.2) is 4.39 Å². The van der Waals surface area contributed by atoms with Gasteiger partial charge in [0.25, 0.3) is 5.91 Å². The maximum absolute atomic E-state index is 13.2. The Morgan fingerprint density at radius 2 is 2.00 bits per heavy atom. The molecule has 0 saturated heterocycles. The fourth-order valence-electron chi connectivity index (χ4n) is 1.77. The lowest BCUT2D eigenvalue weighted by Crippen LogP contribution is -2.30. The maximum atomic E-state index is 13.2. The molecule has 1 amide bonds. The second-order valence-corrected chi connectivity index (χ2v) is 6.29. The van der Waals surface area contributed by atoms with Gasteiger partial charge in [-0.3, -0.25) is 9.10 Å². The molecule has 0 unspecified atom stereocenters. The van der Waals surface area contributed by atoms with E-state index in [1.807, 2.05) is 0 Å². The lowest BCUT2D eigenvalue weighted by molar-refractivity contribution is -0.112. The molecule has 0 aliphatic carbocycles. The fourth-order valence-corrected chi connectivity index (χ4v) is 2.58. The summed E-state index contributed by atoms with van der Waals surface area (Å²) in [4.78, 5) is 12.2. The van der Waals surface area contributed by atoms with E-state index in [1.54, 1.807) is 6.92 Å². The number of aryl methyl sites for hydroxylation is 1. The standard InChI is InChI=1S/C13H14FN3O3S/c1-8-6-10(4-5-12(8)14)15-13(18)11-7-17(3)21(19,20)16-9(11)2/h4-7H,1-3H3,(H,15,18). The van der Waals surface area contributed by atoms with Crippen LogP contribution >= 0.6 is 0 Å². The molecule has 1 N–H and O–H groups in total. The van der Waals surface area contributed by atoms with Crippen LogP contribution in [-0.4, -0.2) is 31.4 Å². The van der Waals surface area contributed by atoms with E-state index in [-0.39, 0.29) is 17.1 Å². The first-order valence-electron chi connectivity index (χ1n) is 6.05. The summed E-state index contributed by atoms with van der Waals surface area (Å²) in [5, 5.41) is 2.58. The van der Waals surface area contributed by atoms with Crippen LogP contribution in [-0.2, 0) is 15.0 Å². The van der Waals surface area contributed by atoms with E-state index < -0.39 is 16.1 Å². The zero-order valence-electron chi connectivity index (χ0n) is 11.7. The quantitative estimate of drug-likeness (QED) is 0.901. The molecule has 0 bridgehead atoms. The molecule has 112 valence electrons. The summed E-state index contributed by atoms with van der Waals surface area (Å²) < 4.78 is 40.6. The summed E-state index contributed by atoms with van der Waals surface area (Å²) >= 11 is 0. The number of amides is 1. The van der Waals surface area contributed by atoms with Gasteiger partial charge in [0.1, 0.15) is 5.82 Å². The van der Waals surface area contributed by atoms with Gasteiger partial charge in [0.15, 0.2) is 0 Å². The molecular formula is C13H14FN3O3S. The first kappa shape index (κ1) is 15.2. The van der Waals surface area contributed by atoms with Crippen LogP contribution in [0.15, 0.2) is 34.4 Å². The Morgan fingerprint density at radius 3 is 2.62 bits per heavy atom. The van der Waals surface area contributed by atoms with Gasteiger partial charge >= 0.3 is 10.2 Å². The molecule has 0 aromatic heterocycles. The van der Waals surface area contributed by atoms with Crippen LogP contribution in [0.3, 0.4) is 0 Å². The van der Waals surface area contributed by atoms with E-state index in [9.17, 15) is 17.6 Å². The number of carbonyl (C=O) groups excluding carboxylic acids is 1. The molecule has 1 aliphatic rings. The molecule has 0 saturated carbocycles. The van der Waals surface area contributed by atoms with Crippen molar-refractivity contribution in [2.24, 2.45) is 4.40 Å². The van der Waals surface area contributed by atoms with Crippen LogP contribution in [0.5, 0.6) is 0 Å². The van der Waals surface area contributed by atoms with Crippen LogP contribution in [0, 0.1) is 12.7 Å². The average molecular weight is 311 g/mol. The van der Waals surface area contributed by atoms with E-state index in [0.717, 1.165) is 4.31 Å². The number of benzene rings is 1. The SMILES string of the molecule is CC1=NS(=O)(=O)N(C)C=C1C(=O)Nc1ccc(F)c(C)c1. The molecule has 1 aromatic rings. The first-order chi connectivity index (χ1) is 9.70. The van der Waals surface area contributed by atoms with E-state index in [4.69, 9.17) is 0 Å². The Morgan fingerprint density at radius 1 is 1.33 bits per heavy atom. The molecule has 0 fully saturated rings. The van der Waals surface area contributed by atoms with Gasteiger partial charge in [0.05, 0.1) is 11.3 Å². The van der Waals surface area contributed by atoms with Crippen LogP contribution in [0.1, 0.15) is 12.5 Å². The first-order valence-corrected chi connectivity index (χ1v) is 7.44. The summed E-state index contributed by atoms with van der Waals surface area (Å²) in [7, 11) is -2.45. The van der Waals surface area contributed by atoms with Crippen molar-refractivity contribution in [1.29, 1.82) is 0 Å². The zero-order valence-corrected chi connectivity index (χ0v) is 12.5. The van der Waals surface area contributed by atoms with Crippen molar-refractivity contribution in [3.05, 3.63) is 41.4 Å². The monoisotopic (exact) mass is 311 g/mol. The fraction of sp³-hybridized carbons (Fsp3) is 0.231. The van der Waals surface area contributed by atoms with Crippen molar-refractivity contribution in [2.75, 3.05) is 12.4 Å². The lowest BCUT2D eigenvalue weighted by Gasteiger charge is -2.19. The number of nitrogens with one attached hydrogen (secondary N) is 1. The molecule has 0 atom stereocenters. The van der Waals surface area contributed by atoms with E-state index in [1.165, 1.54) is 38.4 Å². The van der Waals surface area contributed by atoms with Gasteiger partial charge in [0.2, 0.25) is 0 Å². The molecular weight excluding hydrogens is 297 g/mol. The minimum absolute atomic E-state index is 0.101. The normalized spacial score (nSPS) is 17.0. The summed E-state index contributed by atoms with van der Waals surface area (Å²) in [5.74, 6) is -0.877. The van der Waals surface area contributed by atoms with Crippen molar-refractivity contribution in [3.8, 4) is 0 Å². The largest absolute Gasteiger partial charge is 0.344 e. The second-order valence-electron chi connectivity index (χ2n) is 4.63. The third-order valence-corrected chi connectivity index (χ3v) is 4.32. The third-order valence-electron chi connectivity index (χ3n) is 2.98. The highest BCUT2D eigenvalue weighted by Crippen LogP contribution is 2.18. The minimum atomic E-state index is -3.75. The number of rotatable bonds is 2. The highest BCUT2D eigenvalue weighted by atomic mass is 32.2. The Labute approximate surface area is 122 Å². The van der Waals surface area contributed by atoms with Crippen LogP contribution in [0.4, 0.5) is 10.1 Å². The predicted molar refractivity (Wildman–Crippen MR) is 77.6 cm³/mol. The highest BCUT2D eigenvalue weighted by Gasteiger charge is 2.25. The van der Waals surface area contributed by atoms with E-state index >= 15 is 0 Å². The van der Waals surface area contributed by atoms with Crippen LogP contribution < -0.4 is 5.32 Å². The number of nitrogens with zero attached hydrogens (tertiary/aromatic N) is 2. The van der Waals surface area contributed by atoms with Gasteiger partial charge in [-0.15, -0.1) is 4.40 Å². The van der Waals surface area contributed by atoms with Gasteiger partial charge in [-0.05, 0) is 37.6 Å². The molecule has 21 heavy (non-hydrogen) atoms. The molecule has 0 radical (unpaired) electrons. The summed E-state index contributed by atoms with van der Waals surface area (Å²) in [6.45, 7) is 3.02. The molecule has 1 aromatic carbocycles. The van der Waals surface area contributed by atoms with Crippen molar-refractivity contribution in [3.63, 3.8) is 0 Å². The van der Waals surface area contributed by atoms with Crippen molar-refractivity contribution in [1.82, 2.24) is 4.31 Å². The van der Waals surface area contributed by atoms with Gasteiger partial charge < -0.3 is 5.32 Å². The van der Waals surface area contributed by atoms with Crippen LogP contribution in [0.25, 0.3) is 0 Å². The van der Waals surface area contributed by atoms with Gasteiger partial charge in [-0.1, -0.05) is 0 Å². The Kier molecular flexibility index (Phi) is 3.82. The maximum Gasteiger partial charge on any atom is 0.344 e. The molecule has 1 aliphatic heterocycles. The Bertz CT molecular complexity index is 769. The molecule has 0 spiro atoms. The number of hydrogen-bond acceptors (Lipinski definition) is 3. The van der Waals surface area contributed by atoms with Crippen molar-refractivity contribution in [2.45, 2.75) is 13.8 Å². The van der Waals surface area contributed by atoms with Gasteiger partial charge in [-0.2, -0.15) is 8.42 Å². The third kappa shape index (κ3) is 3.10. The molecule has 6 nitrogen and oxygen atoms in total. The minimum Gasteiger partial charge on any atom is -0.322 e.